The first-order valence-electron chi connectivity index (χ1n) is 4.35. The smallest absolute Gasteiger partial charge is 0.284 e. The predicted molar refractivity (Wildman–Crippen MR) is 50.6 cm³/mol. The van der Waals surface area contributed by atoms with E-state index >= 15 is 0 Å². The summed E-state index contributed by atoms with van der Waals surface area (Å²) in [6.45, 7) is 3.83. The molecule has 0 saturated carbocycles. The van der Waals surface area contributed by atoms with E-state index < -0.39 is 5.91 Å². The van der Waals surface area contributed by atoms with Crippen molar-refractivity contribution in [3.8, 4) is 0 Å². The fraction of sp³-hybridized carbons (Fsp3) is 0.556. The molecule has 3 N–H and O–H groups in total. The van der Waals surface area contributed by atoms with Gasteiger partial charge < -0.3 is 15.4 Å². The van der Waals surface area contributed by atoms with Crippen molar-refractivity contribution in [2.24, 2.45) is 5.73 Å². The summed E-state index contributed by atoms with van der Waals surface area (Å²) in [5.41, 5.74) is 4.76. The molecule has 1 heterocycles. The number of nitrogens with zero attached hydrogens (tertiary/aromatic N) is 2. The Kier molecular flexibility index (Phi) is 2.90. The maximum atomic E-state index is 11.0. The molecule has 1 radical (unpaired) electrons. The Morgan fingerprint density at radius 3 is 2.93 bits per heavy atom. The molecular formula is C9H14N3O2. The van der Waals surface area contributed by atoms with E-state index in [0.717, 1.165) is 0 Å². The molecule has 0 aliphatic heterocycles. The van der Waals surface area contributed by atoms with Gasteiger partial charge in [0.05, 0.1) is 0 Å². The lowest BCUT2D eigenvalue weighted by Gasteiger charge is -2.26. The van der Waals surface area contributed by atoms with Gasteiger partial charge in [-0.25, -0.2) is 4.98 Å². The number of hydrogen-bond donors (Lipinski definition) is 2. The van der Waals surface area contributed by atoms with E-state index in [4.69, 9.17) is 10.8 Å². The van der Waals surface area contributed by atoms with Crippen LogP contribution in [0.2, 0.25) is 0 Å². The molecule has 1 rings (SSSR count). The van der Waals surface area contributed by atoms with Crippen molar-refractivity contribution in [1.29, 1.82) is 0 Å². The predicted octanol–water partition coefficient (Wildman–Crippen LogP) is -0.100. The summed E-state index contributed by atoms with van der Waals surface area (Å²) < 4.78 is 1.63. The fourth-order valence-corrected chi connectivity index (χ4v) is 1.29. The number of aliphatic hydroxyl groups excluding tert-OH is 1. The van der Waals surface area contributed by atoms with Crippen LogP contribution in [-0.2, 0) is 5.54 Å². The molecule has 0 saturated heterocycles. The number of imidazole rings is 1. The summed E-state index contributed by atoms with van der Waals surface area (Å²) in [4.78, 5) is 14.7. The van der Waals surface area contributed by atoms with Crippen LogP contribution in [0.4, 0.5) is 0 Å². The van der Waals surface area contributed by atoms with Crippen LogP contribution in [0.3, 0.4) is 0 Å². The summed E-state index contributed by atoms with van der Waals surface area (Å²) in [5.74, 6) is -0.416. The zero-order chi connectivity index (χ0) is 10.8. The van der Waals surface area contributed by atoms with Crippen molar-refractivity contribution >= 4 is 5.91 Å². The molecule has 77 valence electrons. The lowest BCUT2D eigenvalue weighted by Crippen LogP contribution is -2.32. The highest BCUT2D eigenvalue weighted by Gasteiger charge is 2.24. The maximum Gasteiger partial charge on any atom is 0.284 e. The minimum atomic E-state index is -0.586. The van der Waals surface area contributed by atoms with Gasteiger partial charge in [-0.3, -0.25) is 4.79 Å². The van der Waals surface area contributed by atoms with Gasteiger partial charge in [-0.15, -0.1) is 0 Å². The molecule has 1 aromatic rings. The Hall–Kier alpha value is -1.36. The Morgan fingerprint density at radius 2 is 2.43 bits per heavy atom. The lowest BCUT2D eigenvalue weighted by molar-refractivity contribution is 0.0974. The Labute approximate surface area is 82.6 Å². The Bertz CT molecular complexity index is 331. The molecule has 14 heavy (non-hydrogen) atoms. The van der Waals surface area contributed by atoms with Crippen molar-refractivity contribution in [3.63, 3.8) is 0 Å². The molecule has 1 amide bonds. The zero-order valence-electron chi connectivity index (χ0n) is 8.32. The standard InChI is InChI=1S/C9H14N3O2/c1-9(2,3-6-13)12-5-4-11-8(12)7(10)14/h5,13H,3,6H2,1-2H3,(H2,10,14). The summed E-state index contributed by atoms with van der Waals surface area (Å²) >= 11 is 0. The van der Waals surface area contributed by atoms with Gasteiger partial charge in [0.2, 0.25) is 0 Å². The fourth-order valence-electron chi connectivity index (χ4n) is 1.29. The van der Waals surface area contributed by atoms with Gasteiger partial charge in [-0.05, 0) is 20.3 Å². The van der Waals surface area contributed by atoms with Gasteiger partial charge in [-0.2, -0.15) is 0 Å². The van der Waals surface area contributed by atoms with Crippen molar-refractivity contribution in [2.75, 3.05) is 6.61 Å². The number of carbonyl (C=O) groups excluding carboxylic acids is 1. The van der Waals surface area contributed by atoms with E-state index in [0.29, 0.717) is 6.42 Å². The zero-order valence-corrected chi connectivity index (χ0v) is 8.32. The number of hydrogen-bond acceptors (Lipinski definition) is 3. The molecule has 0 aliphatic carbocycles. The van der Waals surface area contributed by atoms with Crippen LogP contribution in [-0.4, -0.2) is 27.2 Å². The first-order chi connectivity index (χ1) is 6.49. The molecular weight excluding hydrogens is 182 g/mol. The molecule has 0 spiro atoms. The van der Waals surface area contributed by atoms with Crippen molar-refractivity contribution in [3.05, 3.63) is 18.2 Å². The second kappa shape index (κ2) is 3.79. The van der Waals surface area contributed by atoms with E-state index in [-0.39, 0.29) is 18.0 Å². The number of primary amides is 1. The molecule has 0 fully saturated rings. The van der Waals surface area contributed by atoms with E-state index in [1.54, 1.807) is 10.8 Å². The second-order valence-corrected chi connectivity index (χ2v) is 3.71. The lowest BCUT2D eigenvalue weighted by atomic mass is 10.0. The summed E-state index contributed by atoms with van der Waals surface area (Å²) in [7, 11) is 0. The molecule has 0 aromatic carbocycles. The highest BCUT2D eigenvalue weighted by Crippen LogP contribution is 2.20. The number of carbonyl (C=O) groups is 1. The summed E-state index contributed by atoms with van der Waals surface area (Å²) in [6.07, 6.45) is 4.67. The maximum absolute atomic E-state index is 11.0. The highest BCUT2D eigenvalue weighted by molar-refractivity contribution is 5.89. The third kappa shape index (κ3) is 1.93. The molecule has 5 heteroatoms. The van der Waals surface area contributed by atoms with Crippen LogP contribution in [0.25, 0.3) is 0 Å². The third-order valence-corrected chi connectivity index (χ3v) is 2.18. The Balaban J connectivity index is 3.05. The topological polar surface area (TPSA) is 81.1 Å². The Morgan fingerprint density at radius 1 is 1.79 bits per heavy atom. The normalized spacial score (nSPS) is 11.6. The largest absolute Gasteiger partial charge is 0.396 e. The van der Waals surface area contributed by atoms with Crippen LogP contribution in [0.15, 0.2) is 6.20 Å². The second-order valence-electron chi connectivity index (χ2n) is 3.71. The molecule has 0 unspecified atom stereocenters. The molecule has 0 aliphatic rings. The number of aliphatic hydroxyl groups is 1. The van der Waals surface area contributed by atoms with E-state index in [1.807, 2.05) is 13.8 Å². The average Bonchev–Trinajstić information content (AvgIpc) is 2.51. The molecule has 0 atom stereocenters. The van der Waals surface area contributed by atoms with Crippen LogP contribution >= 0.6 is 0 Å². The highest BCUT2D eigenvalue weighted by atomic mass is 16.3. The van der Waals surface area contributed by atoms with Crippen molar-refractivity contribution in [1.82, 2.24) is 9.55 Å². The number of amides is 1. The van der Waals surface area contributed by atoms with Gasteiger partial charge in [0, 0.05) is 18.3 Å². The van der Waals surface area contributed by atoms with Crippen LogP contribution in [0.1, 0.15) is 30.9 Å². The summed E-state index contributed by atoms with van der Waals surface area (Å²) in [6, 6.07) is 0. The third-order valence-electron chi connectivity index (χ3n) is 2.18. The van der Waals surface area contributed by atoms with Gasteiger partial charge in [0.15, 0.2) is 5.82 Å². The number of rotatable bonds is 4. The minimum Gasteiger partial charge on any atom is -0.396 e. The van der Waals surface area contributed by atoms with Gasteiger partial charge >= 0.3 is 0 Å². The first kappa shape index (κ1) is 10.7. The monoisotopic (exact) mass is 196 g/mol. The summed E-state index contributed by atoms with van der Waals surface area (Å²) in [5, 5.41) is 8.87. The van der Waals surface area contributed by atoms with Gasteiger partial charge in [0.25, 0.3) is 5.91 Å². The average molecular weight is 196 g/mol. The van der Waals surface area contributed by atoms with E-state index in [1.165, 1.54) is 0 Å². The molecule has 5 nitrogen and oxygen atoms in total. The number of nitrogens with two attached hydrogens (primary N) is 1. The first-order valence-corrected chi connectivity index (χ1v) is 4.35. The number of aromatic nitrogens is 2. The van der Waals surface area contributed by atoms with E-state index in [2.05, 4.69) is 11.2 Å². The molecule has 1 aromatic heterocycles. The van der Waals surface area contributed by atoms with Gasteiger partial charge in [0.1, 0.15) is 6.20 Å². The molecule has 0 bridgehead atoms. The van der Waals surface area contributed by atoms with Crippen molar-refractivity contribution in [2.45, 2.75) is 25.8 Å². The minimum absolute atomic E-state index is 0.0450. The SMILES string of the molecule is CC(C)(CCO)n1c[c]nc1C(N)=O. The van der Waals surface area contributed by atoms with Crippen molar-refractivity contribution < 1.29 is 9.90 Å². The van der Waals surface area contributed by atoms with E-state index in [9.17, 15) is 4.79 Å². The van der Waals surface area contributed by atoms with Crippen LogP contribution in [0, 0.1) is 6.20 Å². The van der Waals surface area contributed by atoms with Crippen LogP contribution < -0.4 is 5.73 Å². The quantitative estimate of drug-likeness (QED) is 0.705. The van der Waals surface area contributed by atoms with Crippen LogP contribution in [0.5, 0.6) is 0 Å². The van der Waals surface area contributed by atoms with Gasteiger partial charge in [-0.1, -0.05) is 0 Å².